The van der Waals surface area contributed by atoms with Crippen molar-refractivity contribution < 1.29 is 4.74 Å². The van der Waals surface area contributed by atoms with E-state index >= 15 is 0 Å². The number of fused-ring (bicyclic) bond motifs is 1. The van der Waals surface area contributed by atoms with E-state index in [1.807, 2.05) is 67.6 Å². The van der Waals surface area contributed by atoms with Gasteiger partial charge in [0.2, 0.25) is 5.82 Å². The summed E-state index contributed by atoms with van der Waals surface area (Å²) in [7, 11) is 0. The van der Waals surface area contributed by atoms with E-state index in [1.54, 1.807) is 0 Å². The molecule has 0 aliphatic heterocycles. The molecule has 0 saturated carbocycles. The van der Waals surface area contributed by atoms with Crippen LogP contribution in [0, 0.1) is 6.92 Å². The number of ether oxygens (including phenoxy) is 1. The Morgan fingerprint density at radius 3 is 2.40 bits per heavy atom. The van der Waals surface area contributed by atoms with Gasteiger partial charge in [-0.15, -0.1) is 10.2 Å². The van der Waals surface area contributed by atoms with Gasteiger partial charge in [-0.1, -0.05) is 60.7 Å². The first-order valence-electron chi connectivity index (χ1n) is 9.70. The summed E-state index contributed by atoms with van der Waals surface area (Å²) < 4.78 is 6.29. The molecule has 1 N–H and O–H groups in total. The number of para-hydroxylation sites is 1. The van der Waals surface area contributed by atoms with Crippen molar-refractivity contribution in [2.24, 2.45) is 0 Å². The van der Waals surface area contributed by atoms with Gasteiger partial charge in [0, 0.05) is 22.7 Å². The molecule has 0 amide bonds. The zero-order valence-electron chi connectivity index (χ0n) is 16.4. The van der Waals surface area contributed by atoms with Crippen LogP contribution in [0.2, 0.25) is 0 Å². The monoisotopic (exact) mass is 393 g/mol. The van der Waals surface area contributed by atoms with E-state index in [0.717, 1.165) is 44.6 Å². The second-order valence-electron chi connectivity index (χ2n) is 7.01. The van der Waals surface area contributed by atoms with Crippen molar-refractivity contribution in [2.45, 2.75) is 13.5 Å². The lowest BCUT2D eigenvalue weighted by Crippen LogP contribution is -2.00. The minimum absolute atomic E-state index is 0.435. The van der Waals surface area contributed by atoms with E-state index in [9.17, 15) is 0 Å². The van der Waals surface area contributed by atoms with Crippen molar-refractivity contribution in [1.29, 1.82) is 0 Å². The molecule has 5 aromatic rings. The lowest BCUT2D eigenvalue weighted by molar-refractivity contribution is 0.310. The number of tetrazole rings is 1. The van der Waals surface area contributed by atoms with Crippen molar-refractivity contribution >= 4 is 10.9 Å². The topological polar surface area (TPSA) is 76.6 Å². The number of H-pyrrole nitrogens is 1. The molecule has 2 aromatic heterocycles. The first-order chi connectivity index (χ1) is 14.8. The number of benzene rings is 3. The van der Waals surface area contributed by atoms with Gasteiger partial charge in [0.15, 0.2) is 0 Å². The molecule has 2 heterocycles. The van der Waals surface area contributed by atoms with Gasteiger partial charge in [-0.2, -0.15) is 5.21 Å². The molecule has 6 heteroatoms. The summed E-state index contributed by atoms with van der Waals surface area (Å²) in [5.74, 6) is 1.40. The van der Waals surface area contributed by atoms with Crippen molar-refractivity contribution in [1.82, 2.24) is 25.6 Å². The molecule has 0 radical (unpaired) electrons. The fourth-order valence-corrected chi connectivity index (χ4v) is 3.64. The number of rotatable bonds is 5. The molecule has 0 aliphatic rings. The number of pyridine rings is 1. The first kappa shape index (κ1) is 18.0. The highest BCUT2D eigenvalue weighted by Crippen LogP contribution is 2.33. The molecule has 30 heavy (non-hydrogen) atoms. The van der Waals surface area contributed by atoms with Crippen LogP contribution in [0.15, 0.2) is 78.9 Å². The van der Waals surface area contributed by atoms with E-state index in [4.69, 9.17) is 4.74 Å². The Morgan fingerprint density at radius 1 is 0.833 bits per heavy atom. The maximum atomic E-state index is 6.29. The minimum atomic E-state index is 0.435. The standard InChI is InChI=1S/C24H19N5O/c1-16-14-23(21-12-6-7-13-22(21)25-16)30-15-17-8-2-3-9-18(17)19-10-4-5-11-20(19)24-26-28-29-27-24/h2-14H,15H2,1H3,(H,26,27,28,29). The predicted octanol–water partition coefficient (Wildman–Crippen LogP) is 4.97. The number of hydrogen-bond donors (Lipinski definition) is 1. The highest BCUT2D eigenvalue weighted by Gasteiger charge is 2.14. The summed E-state index contributed by atoms with van der Waals surface area (Å²) in [6.07, 6.45) is 0. The van der Waals surface area contributed by atoms with Crippen LogP contribution in [0.25, 0.3) is 33.4 Å². The van der Waals surface area contributed by atoms with Gasteiger partial charge < -0.3 is 4.74 Å². The van der Waals surface area contributed by atoms with Crippen LogP contribution < -0.4 is 4.74 Å². The van der Waals surface area contributed by atoms with Crippen LogP contribution in [0.1, 0.15) is 11.3 Å². The van der Waals surface area contributed by atoms with Crippen LogP contribution in [0.5, 0.6) is 5.75 Å². The number of nitrogens with one attached hydrogen (secondary N) is 1. The Morgan fingerprint density at radius 2 is 1.57 bits per heavy atom. The second-order valence-corrected chi connectivity index (χ2v) is 7.01. The summed E-state index contributed by atoms with van der Waals surface area (Å²) >= 11 is 0. The zero-order chi connectivity index (χ0) is 20.3. The van der Waals surface area contributed by atoms with Gasteiger partial charge in [-0.05, 0) is 41.0 Å². The molecule has 5 rings (SSSR count). The molecule has 0 atom stereocenters. The Labute approximate surface area is 173 Å². The number of nitrogens with zero attached hydrogens (tertiary/aromatic N) is 4. The molecule has 146 valence electrons. The predicted molar refractivity (Wildman–Crippen MR) is 116 cm³/mol. The van der Waals surface area contributed by atoms with Crippen LogP contribution in [0.3, 0.4) is 0 Å². The normalized spacial score (nSPS) is 11.0. The van der Waals surface area contributed by atoms with Gasteiger partial charge in [0.05, 0.1) is 5.52 Å². The second kappa shape index (κ2) is 7.75. The van der Waals surface area contributed by atoms with Crippen LogP contribution in [-0.2, 0) is 6.61 Å². The van der Waals surface area contributed by atoms with E-state index in [0.29, 0.717) is 12.4 Å². The Hall–Kier alpha value is -4.06. The van der Waals surface area contributed by atoms with E-state index < -0.39 is 0 Å². The van der Waals surface area contributed by atoms with E-state index in [2.05, 4.69) is 43.8 Å². The summed E-state index contributed by atoms with van der Waals surface area (Å²) in [4.78, 5) is 4.59. The number of aryl methyl sites for hydroxylation is 1. The highest BCUT2D eigenvalue weighted by atomic mass is 16.5. The Balaban J connectivity index is 1.53. The molecule has 3 aromatic carbocycles. The van der Waals surface area contributed by atoms with Crippen LogP contribution >= 0.6 is 0 Å². The fraction of sp³-hybridized carbons (Fsp3) is 0.0833. The van der Waals surface area contributed by atoms with Crippen LogP contribution in [-0.4, -0.2) is 25.6 Å². The largest absolute Gasteiger partial charge is 0.488 e. The lowest BCUT2D eigenvalue weighted by atomic mass is 9.95. The molecule has 0 saturated heterocycles. The maximum absolute atomic E-state index is 6.29. The quantitative estimate of drug-likeness (QED) is 0.456. The number of aromatic nitrogens is 5. The average Bonchev–Trinajstić information content (AvgIpc) is 3.32. The van der Waals surface area contributed by atoms with Crippen molar-refractivity contribution in [3.8, 4) is 28.3 Å². The number of aromatic amines is 1. The zero-order valence-corrected chi connectivity index (χ0v) is 16.4. The lowest BCUT2D eigenvalue weighted by Gasteiger charge is -2.15. The molecule has 0 spiro atoms. The molecular weight excluding hydrogens is 374 g/mol. The molecule has 0 aliphatic carbocycles. The first-order valence-corrected chi connectivity index (χ1v) is 9.70. The average molecular weight is 393 g/mol. The number of hydrogen-bond acceptors (Lipinski definition) is 5. The molecule has 0 fully saturated rings. The summed E-state index contributed by atoms with van der Waals surface area (Å²) in [5.41, 5.74) is 5.97. The summed E-state index contributed by atoms with van der Waals surface area (Å²) in [5, 5.41) is 15.5. The molecule has 6 nitrogen and oxygen atoms in total. The maximum Gasteiger partial charge on any atom is 0.205 e. The van der Waals surface area contributed by atoms with E-state index in [1.165, 1.54) is 0 Å². The molecule has 0 bridgehead atoms. The van der Waals surface area contributed by atoms with Crippen LogP contribution in [0.4, 0.5) is 0 Å². The molecule has 0 unspecified atom stereocenters. The highest BCUT2D eigenvalue weighted by molar-refractivity contribution is 5.85. The molecular formula is C24H19N5O. The third-order valence-corrected chi connectivity index (χ3v) is 5.01. The Kier molecular flexibility index (Phi) is 4.65. The third-order valence-electron chi connectivity index (χ3n) is 5.01. The minimum Gasteiger partial charge on any atom is -0.488 e. The third kappa shape index (κ3) is 3.39. The van der Waals surface area contributed by atoms with Crippen molar-refractivity contribution in [2.75, 3.05) is 0 Å². The smallest absolute Gasteiger partial charge is 0.205 e. The SMILES string of the molecule is Cc1cc(OCc2ccccc2-c2ccccc2-c2nn[nH]n2)c2ccccc2n1. The van der Waals surface area contributed by atoms with Gasteiger partial charge >= 0.3 is 0 Å². The Bertz CT molecular complexity index is 1310. The fourth-order valence-electron chi connectivity index (χ4n) is 3.64. The van der Waals surface area contributed by atoms with Crippen molar-refractivity contribution in [3.05, 3.63) is 90.1 Å². The van der Waals surface area contributed by atoms with Gasteiger partial charge in [-0.25, -0.2) is 0 Å². The van der Waals surface area contributed by atoms with E-state index in [-0.39, 0.29) is 0 Å². The summed E-state index contributed by atoms with van der Waals surface area (Å²) in [6, 6.07) is 26.3. The summed E-state index contributed by atoms with van der Waals surface area (Å²) in [6.45, 7) is 2.42. The van der Waals surface area contributed by atoms with Crippen molar-refractivity contribution in [3.63, 3.8) is 0 Å². The van der Waals surface area contributed by atoms with Gasteiger partial charge in [0.1, 0.15) is 12.4 Å². The van der Waals surface area contributed by atoms with Gasteiger partial charge in [0.25, 0.3) is 0 Å². The van der Waals surface area contributed by atoms with Gasteiger partial charge in [-0.3, -0.25) is 4.98 Å².